The van der Waals surface area contributed by atoms with Gasteiger partial charge in [-0.05, 0) is 50.5 Å². The van der Waals surface area contributed by atoms with Gasteiger partial charge in [-0.25, -0.2) is 13.4 Å². The second-order valence-electron chi connectivity index (χ2n) is 7.16. The molecule has 1 aromatic heterocycles. The highest BCUT2D eigenvalue weighted by Crippen LogP contribution is 2.26. The molecule has 1 aromatic carbocycles. The molecular weight excluding hydrogens is 394 g/mol. The maximum Gasteiger partial charge on any atom is 0.294 e. The number of nitrogens with one attached hydrogen (secondary N) is 1. The van der Waals surface area contributed by atoms with Crippen molar-refractivity contribution in [1.29, 1.82) is 0 Å². The molecule has 1 atom stereocenters. The number of hydrogen-bond donors (Lipinski definition) is 1. The number of benzene rings is 1. The van der Waals surface area contributed by atoms with Gasteiger partial charge in [0.05, 0.1) is 23.2 Å². The summed E-state index contributed by atoms with van der Waals surface area (Å²) in [5.74, 6) is 0.182. The van der Waals surface area contributed by atoms with Crippen LogP contribution in [0.3, 0.4) is 0 Å². The van der Waals surface area contributed by atoms with Crippen molar-refractivity contribution < 1.29 is 17.9 Å². The molecule has 29 heavy (non-hydrogen) atoms. The maximum absolute atomic E-state index is 13.1. The molecule has 0 bridgehead atoms. The number of aromatic nitrogens is 2. The van der Waals surface area contributed by atoms with Gasteiger partial charge in [-0.2, -0.15) is 0 Å². The fourth-order valence-corrected chi connectivity index (χ4v) is 3.97. The first-order chi connectivity index (χ1) is 13.6. The Morgan fingerprint density at radius 1 is 1.14 bits per heavy atom. The predicted octanol–water partition coefficient (Wildman–Crippen LogP) is 2.54. The van der Waals surface area contributed by atoms with Crippen LogP contribution in [0.4, 0.5) is 11.5 Å². The molecule has 0 aliphatic carbocycles. The molecule has 0 amide bonds. The maximum atomic E-state index is 13.1. The minimum atomic E-state index is -3.32. The highest BCUT2D eigenvalue weighted by Gasteiger charge is 2.18. The van der Waals surface area contributed by atoms with Crippen molar-refractivity contribution >= 4 is 21.3 Å². The van der Waals surface area contributed by atoms with Gasteiger partial charge in [-0.1, -0.05) is 0 Å². The van der Waals surface area contributed by atoms with Gasteiger partial charge in [-0.15, -0.1) is 0 Å². The van der Waals surface area contributed by atoms with Crippen LogP contribution in [0.15, 0.2) is 28.0 Å². The lowest BCUT2D eigenvalue weighted by Crippen LogP contribution is -2.31. The Hall–Kier alpha value is -2.23. The van der Waals surface area contributed by atoms with Crippen LogP contribution in [0.5, 0.6) is 0 Å². The Labute approximate surface area is 171 Å². The molecule has 0 aliphatic heterocycles. The van der Waals surface area contributed by atoms with E-state index in [2.05, 4.69) is 10.3 Å². The van der Waals surface area contributed by atoms with Crippen molar-refractivity contribution in [2.24, 2.45) is 0 Å². The summed E-state index contributed by atoms with van der Waals surface area (Å²) in [4.78, 5) is 17.7. The van der Waals surface area contributed by atoms with E-state index in [1.54, 1.807) is 51.0 Å². The zero-order valence-corrected chi connectivity index (χ0v) is 18.6. The largest absolute Gasteiger partial charge is 0.385 e. The number of methoxy groups -OCH3 is 2. The molecule has 2 aromatic rings. The molecule has 0 saturated heterocycles. The van der Waals surface area contributed by atoms with Gasteiger partial charge in [0.1, 0.15) is 0 Å². The summed E-state index contributed by atoms with van der Waals surface area (Å²) >= 11 is 0. The summed E-state index contributed by atoms with van der Waals surface area (Å²) in [6, 6.07) is 2.99. The highest BCUT2D eigenvalue weighted by molar-refractivity contribution is 7.90. The summed E-state index contributed by atoms with van der Waals surface area (Å²) in [5, 5.41) is 3.11. The van der Waals surface area contributed by atoms with Gasteiger partial charge >= 0.3 is 0 Å². The summed E-state index contributed by atoms with van der Waals surface area (Å²) in [6.45, 7) is 6.27. The zero-order chi connectivity index (χ0) is 21.8. The number of hydrogen-bond acceptors (Lipinski definition) is 7. The number of rotatable bonds is 9. The van der Waals surface area contributed by atoms with Crippen molar-refractivity contribution in [2.45, 2.75) is 38.1 Å². The van der Waals surface area contributed by atoms with Crippen LogP contribution in [-0.4, -0.2) is 51.7 Å². The standard InChI is InChI=1S/C20H29N3O5S/c1-13-9-17(29(6,25)26)10-14(2)18(13)22-19-20(24)23(11-15(3)21-19)16(12-28-5)7-8-27-4/h9-11,16H,7-8,12H2,1-6H3,(H,21,22). The molecule has 1 unspecified atom stereocenters. The van der Waals surface area contributed by atoms with E-state index in [1.165, 1.54) is 6.26 Å². The lowest BCUT2D eigenvalue weighted by Gasteiger charge is -2.21. The van der Waals surface area contributed by atoms with Crippen LogP contribution in [-0.2, 0) is 19.3 Å². The lowest BCUT2D eigenvalue weighted by atomic mass is 10.1. The molecule has 0 fully saturated rings. The van der Waals surface area contributed by atoms with Crippen LogP contribution in [0, 0.1) is 20.8 Å². The second kappa shape index (κ2) is 9.51. The first kappa shape index (κ1) is 23.1. The fraction of sp³-hybridized carbons (Fsp3) is 0.500. The van der Waals surface area contributed by atoms with E-state index < -0.39 is 9.84 Å². The van der Waals surface area contributed by atoms with Gasteiger partial charge in [0.25, 0.3) is 5.56 Å². The van der Waals surface area contributed by atoms with Crippen LogP contribution in [0.1, 0.15) is 29.3 Å². The molecule has 8 nitrogen and oxygen atoms in total. The van der Waals surface area contributed by atoms with E-state index in [0.29, 0.717) is 42.1 Å². The predicted molar refractivity (Wildman–Crippen MR) is 113 cm³/mol. The third-order valence-electron chi connectivity index (χ3n) is 4.64. The fourth-order valence-electron chi connectivity index (χ4n) is 3.19. The van der Waals surface area contributed by atoms with E-state index in [4.69, 9.17) is 9.47 Å². The molecule has 2 rings (SSSR count). The van der Waals surface area contributed by atoms with Crippen LogP contribution in [0.2, 0.25) is 0 Å². The quantitative estimate of drug-likeness (QED) is 0.661. The van der Waals surface area contributed by atoms with Crippen molar-refractivity contribution in [3.8, 4) is 0 Å². The third-order valence-corrected chi connectivity index (χ3v) is 5.73. The average Bonchev–Trinajstić information content (AvgIpc) is 2.63. The number of ether oxygens (including phenoxy) is 2. The van der Waals surface area contributed by atoms with Gasteiger partial charge in [0.15, 0.2) is 15.7 Å². The Bertz CT molecular complexity index is 1010. The number of nitrogens with zero attached hydrogens (tertiary/aromatic N) is 2. The SMILES string of the molecule is COCCC(COC)n1cc(C)nc(Nc2c(C)cc(S(C)(=O)=O)cc2C)c1=O. The minimum absolute atomic E-state index is 0.182. The van der Waals surface area contributed by atoms with Gasteiger partial charge < -0.3 is 19.4 Å². The Morgan fingerprint density at radius 2 is 1.76 bits per heavy atom. The highest BCUT2D eigenvalue weighted by atomic mass is 32.2. The summed E-state index contributed by atoms with van der Waals surface area (Å²) in [7, 11) is -0.115. The van der Waals surface area contributed by atoms with Crippen LogP contribution < -0.4 is 10.9 Å². The van der Waals surface area contributed by atoms with E-state index in [1.807, 2.05) is 6.92 Å². The molecule has 160 valence electrons. The van der Waals surface area contributed by atoms with Gasteiger partial charge in [-0.3, -0.25) is 4.79 Å². The van der Waals surface area contributed by atoms with Crippen LogP contribution in [0.25, 0.3) is 0 Å². The number of aryl methyl sites for hydroxylation is 3. The Morgan fingerprint density at radius 3 is 2.28 bits per heavy atom. The number of sulfone groups is 1. The van der Waals surface area contributed by atoms with E-state index in [9.17, 15) is 13.2 Å². The first-order valence-electron chi connectivity index (χ1n) is 9.24. The Balaban J connectivity index is 2.49. The zero-order valence-electron chi connectivity index (χ0n) is 17.8. The molecule has 0 saturated carbocycles. The van der Waals surface area contributed by atoms with Gasteiger partial charge in [0, 0.05) is 39.0 Å². The van der Waals surface area contributed by atoms with E-state index in [0.717, 1.165) is 0 Å². The van der Waals surface area contributed by atoms with E-state index in [-0.39, 0.29) is 22.3 Å². The second-order valence-corrected chi connectivity index (χ2v) is 9.18. The van der Waals surface area contributed by atoms with Crippen molar-refractivity contribution in [1.82, 2.24) is 9.55 Å². The monoisotopic (exact) mass is 423 g/mol. The Kier molecular flexibility index (Phi) is 7.56. The molecule has 1 N–H and O–H groups in total. The third kappa shape index (κ3) is 5.65. The average molecular weight is 424 g/mol. The van der Waals surface area contributed by atoms with Crippen molar-refractivity contribution in [3.05, 3.63) is 45.5 Å². The lowest BCUT2D eigenvalue weighted by molar-refractivity contribution is 0.119. The molecular formula is C20H29N3O5S. The summed E-state index contributed by atoms with van der Waals surface area (Å²) < 4.78 is 35.8. The summed E-state index contributed by atoms with van der Waals surface area (Å²) in [6.07, 6.45) is 3.50. The molecule has 0 aliphatic rings. The topological polar surface area (TPSA) is 99.5 Å². The first-order valence-corrected chi connectivity index (χ1v) is 11.1. The van der Waals surface area contributed by atoms with Crippen LogP contribution >= 0.6 is 0 Å². The molecule has 9 heteroatoms. The minimum Gasteiger partial charge on any atom is -0.385 e. The normalized spacial score (nSPS) is 12.8. The van der Waals surface area contributed by atoms with E-state index >= 15 is 0 Å². The van der Waals surface area contributed by atoms with Gasteiger partial charge in [0.2, 0.25) is 0 Å². The van der Waals surface area contributed by atoms with Crippen molar-refractivity contribution in [3.63, 3.8) is 0 Å². The number of anilines is 2. The summed E-state index contributed by atoms with van der Waals surface area (Å²) in [5.41, 5.74) is 2.49. The molecule has 0 spiro atoms. The molecule has 1 heterocycles. The smallest absolute Gasteiger partial charge is 0.294 e. The molecule has 0 radical (unpaired) electrons. The van der Waals surface area contributed by atoms with Crippen molar-refractivity contribution in [2.75, 3.05) is 39.0 Å².